The van der Waals surface area contributed by atoms with Crippen LogP contribution in [0.3, 0.4) is 0 Å². The number of nitrogens with zero attached hydrogens (tertiary/aromatic N) is 1. The fraction of sp³-hybridized carbons (Fsp3) is 0.281. The number of thiophene rings is 1. The standard InChI is InChI=1S/C32H34N2O3S/c33-21-29-15-16-30(38-29)26-11-13-28(14-12-26)32(36,27-9-5-2-6-10-27)31(35)37-23-25-17-19-34(20-18-25)22-24-7-3-1-4-8-24/h1-16,25,36H,17-23,33H2/t32-/m0/s1. The van der Waals surface area contributed by atoms with E-state index < -0.39 is 11.6 Å². The first kappa shape index (κ1) is 26.3. The minimum absolute atomic E-state index is 0.281. The van der Waals surface area contributed by atoms with E-state index in [1.807, 2.05) is 60.7 Å². The molecule has 0 radical (unpaired) electrons. The molecule has 1 aliphatic rings. The SMILES string of the molecule is NCc1ccc(-c2ccc([C@](O)(C(=O)OCC3CCN(Cc4ccccc4)CC3)c3ccccc3)cc2)s1. The highest BCUT2D eigenvalue weighted by Gasteiger charge is 2.42. The number of carbonyl (C=O) groups is 1. The van der Waals surface area contributed by atoms with Crippen molar-refractivity contribution in [1.82, 2.24) is 4.90 Å². The Bertz CT molecular complexity index is 1320. The Labute approximate surface area is 228 Å². The number of piperidine rings is 1. The van der Waals surface area contributed by atoms with Crippen molar-refractivity contribution in [3.63, 3.8) is 0 Å². The lowest BCUT2D eigenvalue weighted by atomic mass is 9.85. The number of carbonyl (C=O) groups excluding carboxylic acids is 1. The summed E-state index contributed by atoms with van der Waals surface area (Å²) in [6, 6.07) is 31.1. The predicted molar refractivity (Wildman–Crippen MR) is 152 cm³/mol. The molecule has 38 heavy (non-hydrogen) atoms. The summed E-state index contributed by atoms with van der Waals surface area (Å²) >= 11 is 1.64. The molecule has 1 saturated heterocycles. The molecule has 1 aliphatic heterocycles. The number of hydrogen-bond acceptors (Lipinski definition) is 6. The number of aliphatic hydroxyl groups is 1. The summed E-state index contributed by atoms with van der Waals surface area (Å²) in [7, 11) is 0. The highest BCUT2D eigenvalue weighted by Crippen LogP contribution is 2.35. The minimum Gasteiger partial charge on any atom is -0.463 e. The van der Waals surface area contributed by atoms with Crippen molar-refractivity contribution in [3.05, 3.63) is 119 Å². The van der Waals surface area contributed by atoms with E-state index in [0.29, 0.717) is 24.3 Å². The smallest absolute Gasteiger partial charge is 0.347 e. The van der Waals surface area contributed by atoms with Crippen molar-refractivity contribution < 1.29 is 14.6 Å². The second kappa shape index (κ2) is 12.0. The number of ether oxygens (including phenoxy) is 1. The lowest BCUT2D eigenvalue weighted by molar-refractivity contribution is -0.164. The van der Waals surface area contributed by atoms with Gasteiger partial charge in [-0.05, 0) is 66.2 Å². The Hall–Kier alpha value is -3.29. The quantitative estimate of drug-likeness (QED) is 0.279. The highest BCUT2D eigenvalue weighted by molar-refractivity contribution is 7.15. The van der Waals surface area contributed by atoms with Crippen molar-refractivity contribution in [2.75, 3.05) is 19.7 Å². The highest BCUT2D eigenvalue weighted by atomic mass is 32.1. The zero-order chi connectivity index (χ0) is 26.4. The van der Waals surface area contributed by atoms with Gasteiger partial charge in [0.15, 0.2) is 0 Å². The zero-order valence-corrected chi connectivity index (χ0v) is 22.3. The molecule has 0 unspecified atom stereocenters. The molecule has 5 nitrogen and oxygen atoms in total. The van der Waals surface area contributed by atoms with Crippen LogP contribution in [0, 0.1) is 5.92 Å². The second-order valence-corrected chi connectivity index (χ2v) is 11.1. The number of likely N-dealkylation sites (tertiary alicyclic amines) is 1. The average Bonchev–Trinajstić information content (AvgIpc) is 3.47. The molecule has 0 spiro atoms. The van der Waals surface area contributed by atoms with Crippen molar-refractivity contribution in [3.8, 4) is 10.4 Å². The molecule has 2 heterocycles. The summed E-state index contributed by atoms with van der Waals surface area (Å²) in [6.45, 7) is 3.69. The molecule has 1 atom stereocenters. The van der Waals surface area contributed by atoms with Crippen molar-refractivity contribution in [1.29, 1.82) is 0 Å². The fourth-order valence-corrected chi connectivity index (χ4v) is 5.94. The van der Waals surface area contributed by atoms with E-state index in [9.17, 15) is 9.90 Å². The molecule has 0 bridgehead atoms. The first-order valence-corrected chi connectivity index (χ1v) is 14.0. The van der Waals surface area contributed by atoms with E-state index in [1.54, 1.807) is 23.5 Å². The summed E-state index contributed by atoms with van der Waals surface area (Å²) in [4.78, 5) is 18.2. The molecule has 6 heteroatoms. The maximum Gasteiger partial charge on any atom is 0.347 e. The maximum atomic E-state index is 13.5. The van der Waals surface area contributed by atoms with Gasteiger partial charge in [0.1, 0.15) is 0 Å². The summed E-state index contributed by atoms with van der Waals surface area (Å²) in [5.74, 6) is -0.353. The number of hydrogen-bond donors (Lipinski definition) is 2. The Morgan fingerprint density at radius 1 is 0.895 bits per heavy atom. The van der Waals surface area contributed by atoms with Gasteiger partial charge in [0.25, 0.3) is 0 Å². The van der Waals surface area contributed by atoms with Gasteiger partial charge in [-0.1, -0.05) is 84.9 Å². The molecule has 5 rings (SSSR count). The molecule has 196 valence electrons. The minimum atomic E-state index is -1.88. The van der Waals surface area contributed by atoms with Crippen molar-refractivity contribution in [2.24, 2.45) is 11.7 Å². The van der Waals surface area contributed by atoms with Crippen LogP contribution in [0.1, 0.15) is 34.4 Å². The molecule has 1 aromatic heterocycles. The summed E-state index contributed by atoms with van der Waals surface area (Å²) in [5, 5.41) is 11.9. The van der Waals surface area contributed by atoms with Crippen molar-refractivity contribution >= 4 is 17.3 Å². The van der Waals surface area contributed by atoms with Gasteiger partial charge in [-0.25, -0.2) is 4.79 Å². The van der Waals surface area contributed by atoms with Gasteiger partial charge in [-0.2, -0.15) is 0 Å². The van der Waals surface area contributed by atoms with Gasteiger partial charge in [-0.15, -0.1) is 11.3 Å². The first-order chi connectivity index (χ1) is 18.6. The molecule has 1 fully saturated rings. The van der Waals surface area contributed by atoms with Crippen LogP contribution in [0.2, 0.25) is 0 Å². The Kier molecular flexibility index (Phi) is 8.35. The van der Waals surface area contributed by atoms with E-state index in [4.69, 9.17) is 10.5 Å². The Balaban J connectivity index is 1.26. The van der Waals surface area contributed by atoms with Crippen LogP contribution in [-0.4, -0.2) is 35.7 Å². The molecule has 3 aromatic carbocycles. The summed E-state index contributed by atoms with van der Waals surface area (Å²) in [6.07, 6.45) is 1.92. The fourth-order valence-electron chi connectivity index (χ4n) is 5.05. The normalized spacial score (nSPS) is 16.2. The monoisotopic (exact) mass is 526 g/mol. The van der Waals surface area contributed by atoms with Gasteiger partial charge in [0, 0.05) is 22.8 Å². The molecule has 0 saturated carbocycles. The van der Waals surface area contributed by atoms with Crippen LogP contribution < -0.4 is 5.73 Å². The lowest BCUT2D eigenvalue weighted by Crippen LogP contribution is -2.40. The molecule has 3 N–H and O–H groups in total. The number of rotatable bonds is 9. The van der Waals surface area contributed by atoms with Crippen LogP contribution >= 0.6 is 11.3 Å². The first-order valence-electron chi connectivity index (χ1n) is 13.2. The van der Waals surface area contributed by atoms with Crippen LogP contribution in [0.25, 0.3) is 10.4 Å². The maximum absolute atomic E-state index is 13.5. The Morgan fingerprint density at radius 2 is 1.53 bits per heavy atom. The number of esters is 1. The molecular formula is C32H34N2O3S. The van der Waals surface area contributed by atoms with Gasteiger partial charge in [0.05, 0.1) is 6.61 Å². The Morgan fingerprint density at radius 3 is 2.16 bits per heavy atom. The topological polar surface area (TPSA) is 75.8 Å². The van der Waals surface area contributed by atoms with E-state index in [1.165, 1.54) is 5.56 Å². The summed E-state index contributed by atoms with van der Waals surface area (Å²) in [5.41, 5.74) is 7.20. The van der Waals surface area contributed by atoms with Crippen LogP contribution in [0.4, 0.5) is 0 Å². The molecule has 0 aliphatic carbocycles. The predicted octanol–water partition coefficient (Wildman–Crippen LogP) is 5.57. The third-order valence-corrected chi connectivity index (χ3v) is 8.50. The van der Waals surface area contributed by atoms with E-state index in [-0.39, 0.29) is 5.92 Å². The van der Waals surface area contributed by atoms with Gasteiger partial charge < -0.3 is 15.6 Å². The average molecular weight is 527 g/mol. The van der Waals surface area contributed by atoms with Crippen molar-refractivity contribution in [2.45, 2.75) is 31.5 Å². The molecular weight excluding hydrogens is 492 g/mol. The third-order valence-electron chi connectivity index (χ3n) is 7.34. The van der Waals surface area contributed by atoms with E-state index in [0.717, 1.165) is 47.8 Å². The number of benzene rings is 3. The lowest BCUT2D eigenvalue weighted by Gasteiger charge is -2.33. The van der Waals surface area contributed by atoms with Gasteiger partial charge in [-0.3, -0.25) is 4.90 Å². The second-order valence-electron chi connectivity index (χ2n) is 9.93. The van der Waals surface area contributed by atoms with Gasteiger partial charge >= 0.3 is 5.97 Å². The molecule has 4 aromatic rings. The third kappa shape index (κ3) is 5.89. The van der Waals surface area contributed by atoms with E-state index >= 15 is 0 Å². The van der Waals surface area contributed by atoms with Crippen LogP contribution in [0.15, 0.2) is 97.1 Å². The van der Waals surface area contributed by atoms with E-state index in [2.05, 4.69) is 29.2 Å². The largest absolute Gasteiger partial charge is 0.463 e. The summed E-state index contributed by atoms with van der Waals surface area (Å²) < 4.78 is 5.82. The van der Waals surface area contributed by atoms with Crippen LogP contribution in [-0.2, 0) is 28.2 Å². The van der Waals surface area contributed by atoms with Gasteiger partial charge in [0.2, 0.25) is 5.60 Å². The molecule has 0 amide bonds. The zero-order valence-electron chi connectivity index (χ0n) is 21.5. The number of nitrogens with two attached hydrogens (primary N) is 1. The van der Waals surface area contributed by atoms with Crippen LogP contribution in [0.5, 0.6) is 0 Å².